The highest BCUT2D eigenvalue weighted by Crippen LogP contribution is 2.29. The summed E-state index contributed by atoms with van der Waals surface area (Å²) in [5.74, 6) is 1.17. The Morgan fingerprint density at radius 1 is 1.06 bits per heavy atom. The lowest BCUT2D eigenvalue weighted by molar-refractivity contribution is 0.126. The van der Waals surface area contributed by atoms with Crippen molar-refractivity contribution in [3.8, 4) is 0 Å². The summed E-state index contributed by atoms with van der Waals surface area (Å²) in [6.07, 6.45) is 2.10. The Morgan fingerprint density at radius 2 is 1.67 bits per heavy atom. The van der Waals surface area contributed by atoms with Crippen molar-refractivity contribution in [1.82, 2.24) is 14.1 Å². The maximum atomic E-state index is 12.4. The normalized spacial score (nSPS) is 32.9. The standard InChI is InChI=1S/C12H21N3O2S/c1-18-15-4-2-13(3-5-15)12(16)14-6-10-8-17-9-11(10)7-14/h10-11H,2-9H2,1H3. The summed E-state index contributed by atoms with van der Waals surface area (Å²) in [5.41, 5.74) is 0. The van der Waals surface area contributed by atoms with Gasteiger partial charge in [0.1, 0.15) is 0 Å². The van der Waals surface area contributed by atoms with Crippen LogP contribution in [-0.4, -0.2) is 78.9 Å². The van der Waals surface area contributed by atoms with Gasteiger partial charge in [-0.25, -0.2) is 9.10 Å². The number of rotatable bonds is 1. The predicted molar refractivity (Wildman–Crippen MR) is 71.4 cm³/mol. The SMILES string of the molecule is CSN1CCN(C(=O)N2CC3COCC3C2)CC1. The number of carbonyl (C=O) groups excluding carboxylic acids is 1. The molecule has 18 heavy (non-hydrogen) atoms. The molecule has 6 heteroatoms. The van der Waals surface area contributed by atoms with Gasteiger partial charge in [-0.1, -0.05) is 11.9 Å². The molecule has 0 bridgehead atoms. The van der Waals surface area contributed by atoms with Crippen LogP contribution < -0.4 is 0 Å². The van der Waals surface area contributed by atoms with Crippen molar-refractivity contribution in [3.05, 3.63) is 0 Å². The zero-order chi connectivity index (χ0) is 12.5. The number of ether oxygens (including phenoxy) is 1. The Kier molecular flexibility index (Phi) is 3.68. The van der Waals surface area contributed by atoms with Crippen LogP contribution in [0.4, 0.5) is 4.79 Å². The number of fused-ring (bicyclic) bond motifs is 1. The monoisotopic (exact) mass is 271 g/mol. The largest absolute Gasteiger partial charge is 0.381 e. The van der Waals surface area contributed by atoms with E-state index in [1.807, 2.05) is 9.80 Å². The molecule has 5 nitrogen and oxygen atoms in total. The number of hydrogen-bond acceptors (Lipinski definition) is 4. The Balaban J connectivity index is 1.53. The van der Waals surface area contributed by atoms with Gasteiger partial charge in [0, 0.05) is 51.1 Å². The third-order valence-corrected chi connectivity index (χ3v) is 5.16. The van der Waals surface area contributed by atoms with Crippen LogP contribution in [0.5, 0.6) is 0 Å². The molecule has 102 valence electrons. The molecule has 2 atom stereocenters. The first kappa shape index (κ1) is 12.6. The highest BCUT2D eigenvalue weighted by molar-refractivity contribution is 7.96. The Morgan fingerprint density at radius 3 is 2.22 bits per heavy atom. The molecular formula is C12H21N3O2S. The molecule has 0 aromatic heterocycles. The quantitative estimate of drug-likeness (QED) is 0.654. The van der Waals surface area contributed by atoms with Crippen LogP contribution in [0.1, 0.15) is 0 Å². The number of likely N-dealkylation sites (tertiary alicyclic amines) is 1. The molecule has 0 aromatic carbocycles. The number of amides is 2. The molecule has 3 heterocycles. The topological polar surface area (TPSA) is 36.0 Å². The average molecular weight is 271 g/mol. The van der Waals surface area contributed by atoms with Gasteiger partial charge in [-0.2, -0.15) is 0 Å². The predicted octanol–water partition coefficient (Wildman–Crippen LogP) is 0.580. The van der Waals surface area contributed by atoms with Crippen molar-refractivity contribution in [3.63, 3.8) is 0 Å². The molecule has 3 fully saturated rings. The van der Waals surface area contributed by atoms with Crippen molar-refractivity contribution in [2.75, 3.05) is 58.7 Å². The molecule has 3 aliphatic rings. The average Bonchev–Trinajstić information content (AvgIpc) is 2.99. The van der Waals surface area contributed by atoms with Gasteiger partial charge in [0.25, 0.3) is 0 Å². The van der Waals surface area contributed by atoms with E-state index in [1.54, 1.807) is 11.9 Å². The minimum absolute atomic E-state index is 0.241. The van der Waals surface area contributed by atoms with Crippen LogP contribution in [0, 0.1) is 11.8 Å². The fraction of sp³-hybridized carbons (Fsp3) is 0.917. The minimum Gasteiger partial charge on any atom is -0.381 e. The summed E-state index contributed by atoms with van der Waals surface area (Å²) < 4.78 is 7.77. The van der Waals surface area contributed by atoms with Crippen LogP contribution in [0.2, 0.25) is 0 Å². The molecule has 0 aromatic rings. The lowest BCUT2D eigenvalue weighted by atomic mass is 10.0. The van der Waals surface area contributed by atoms with Gasteiger partial charge in [-0.05, 0) is 6.26 Å². The second-order valence-electron chi connectivity index (χ2n) is 5.34. The van der Waals surface area contributed by atoms with E-state index in [0.717, 1.165) is 52.5 Å². The van der Waals surface area contributed by atoms with E-state index < -0.39 is 0 Å². The molecule has 0 aliphatic carbocycles. The third kappa shape index (κ3) is 2.33. The highest BCUT2D eigenvalue weighted by Gasteiger charge is 2.40. The van der Waals surface area contributed by atoms with Gasteiger partial charge < -0.3 is 14.5 Å². The minimum atomic E-state index is 0.241. The fourth-order valence-electron chi connectivity index (χ4n) is 3.11. The number of urea groups is 1. The van der Waals surface area contributed by atoms with Crippen LogP contribution in [0.3, 0.4) is 0 Å². The second kappa shape index (κ2) is 5.27. The molecule has 3 saturated heterocycles. The van der Waals surface area contributed by atoms with Gasteiger partial charge in [0.2, 0.25) is 0 Å². The third-order valence-electron chi connectivity index (χ3n) is 4.28. The van der Waals surface area contributed by atoms with E-state index in [0.29, 0.717) is 11.8 Å². The van der Waals surface area contributed by atoms with Crippen LogP contribution in [0.25, 0.3) is 0 Å². The van der Waals surface area contributed by atoms with E-state index in [1.165, 1.54) is 0 Å². The van der Waals surface area contributed by atoms with Crippen LogP contribution in [0.15, 0.2) is 0 Å². The van der Waals surface area contributed by atoms with Crippen molar-refractivity contribution in [2.45, 2.75) is 0 Å². The summed E-state index contributed by atoms with van der Waals surface area (Å²) in [4.78, 5) is 16.5. The maximum absolute atomic E-state index is 12.4. The highest BCUT2D eigenvalue weighted by atomic mass is 32.2. The molecular weight excluding hydrogens is 250 g/mol. The van der Waals surface area contributed by atoms with Crippen LogP contribution >= 0.6 is 11.9 Å². The Labute approximate surface area is 113 Å². The molecule has 2 unspecified atom stereocenters. The van der Waals surface area contributed by atoms with Gasteiger partial charge in [-0.3, -0.25) is 0 Å². The van der Waals surface area contributed by atoms with E-state index in [4.69, 9.17) is 4.74 Å². The number of carbonyl (C=O) groups is 1. The summed E-state index contributed by atoms with van der Waals surface area (Å²) in [6.45, 7) is 7.17. The first-order chi connectivity index (χ1) is 8.78. The lowest BCUT2D eigenvalue weighted by Crippen LogP contribution is -2.51. The van der Waals surface area contributed by atoms with Gasteiger partial charge in [-0.15, -0.1) is 0 Å². The first-order valence-corrected chi connectivity index (χ1v) is 7.86. The van der Waals surface area contributed by atoms with E-state index >= 15 is 0 Å². The molecule has 3 rings (SSSR count). The van der Waals surface area contributed by atoms with Gasteiger partial charge >= 0.3 is 6.03 Å². The van der Waals surface area contributed by atoms with Gasteiger partial charge in [0.05, 0.1) is 13.2 Å². The first-order valence-electron chi connectivity index (χ1n) is 6.68. The molecule has 0 spiro atoms. The van der Waals surface area contributed by atoms with Crippen molar-refractivity contribution >= 4 is 18.0 Å². The second-order valence-corrected chi connectivity index (χ2v) is 6.23. The maximum Gasteiger partial charge on any atom is 0.320 e. The van der Waals surface area contributed by atoms with Crippen LogP contribution in [-0.2, 0) is 4.74 Å². The summed E-state index contributed by atoms with van der Waals surface area (Å²) >= 11 is 1.77. The van der Waals surface area contributed by atoms with E-state index in [-0.39, 0.29) is 6.03 Å². The fourth-order valence-corrected chi connectivity index (χ4v) is 3.63. The molecule has 2 amide bonds. The molecule has 3 aliphatic heterocycles. The van der Waals surface area contributed by atoms with E-state index in [9.17, 15) is 4.79 Å². The van der Waals surface area contributed by atoms with Crippen molar-refractivity contribution < 1.29 is 9.53 Å². The van der Waals surface area contributed by atoms with E-state index in [2.05, 4.69) is 10.6 Å². The zero-order valence-electron chi connectivity index (χ0n) is 10.9. The smallest absolute Gasteiger partial charge is 0.320 e. The lowest BCUT2D eigenvalue weighted by Gasteiger charge is -2.35. The molecule has 0 N–H and O–H groups in total. The number of piperazine rings is 1. The number of hydrogen-bond donors (Lipinski definition) is 0. The van der Waals surface area contributed by atoms with Crippen molar-refractivity contribution in [2.24, 2.45) is 11.8 Å². The zero-order valence-corrected chi connectivity index (χ0v) is 11.7. The Hall–Kier alpha value is -0.460. The van der Waals surface area contributed by atoms with Gasteiger partial charge in [0.15, 0.2) is 0 Å². The van der Waals surface area contributed by atoms with Crippen molar-refractivity contribution in [1.29, 1.82) is 0 Å². The molecule has 0 radical (unpaired) electrons. The molecule has 0 saturated carbocycles. The summed E-state index contributed by atoms with van der Waals surface area (Å²) in [6, 6.07) is 0.241. The summed E-state index contributed by atoms with van der Waals surface area (Å²) in [5, 5.41) is 0. The number of nitrogens with zero attached hydrogens (tertiary/aromatic N) is 3. The Bertz CT molecular complexity index is 308. The summed E-state index contributed by atoms with van der Waals surface area (Å²) in [7, 11) is 0.